The Morgan fingerprint density at radius 3 is 2.15 bits per heavy atom. The van der Waals surface area contributed by atoms with Crippen LogP contribution in [0.25, 0.3) is 0 Å². The number of sulfonamides is 1. The molecule has 0 bridgehead atoms. The molecule has 2 heterocycles. The Labute approximate surface area is 152 Å². The number of hydrogen-bond donors (Lipinski definition) is 0. The average Bonchev–Trinajstić information content (AvgIpc) is 2.61. The van der Waals surface area contributed by atoms with E-state index in [0.717, 1.165) is 22.5 Å². The molecule has 11 heteroatoms. The van der Waals surface area contributed by atoms with Gasteiger partial charge in [0.1, 0.15) is 22.3 Å². The van der Waals surface area contributed by atoms with Crippen molar-refractivity contribution in [3.05, 3.63) is 53.7 Å². The number of halogens is 5. The van der Waals surface area contributed by atoms with Crippen LogP contribution in [0.1, 0.15) is 5.56 Å². The molecular formula is C16H14F5N3O2S. The van der Waals surface area contributed by atoms with Crippen molar-refractivity contribution in [3.63, 3.8) is 0 Å². The van der Waals surface area contributed by atoms with Crippen molar-refractivity contribution < 1.29 is 30.4 Å². The largest absolute Gasteiger partial charge is 0.417 e. The van der Waals surface area contributed by atoms with Gasteiger partial charge in [-0.2, -0.15) is 17.5 Å². The Kier molecular flexibility index (Phi) is 5.08. The Morgan fingerprint density at radius 1 is 0.963 bits per heavy atom. The fourth-order valence-corrected chi connectivity index (χ4v) is 4.19. The lowest BCUT2D eigenvalue weighted by atomic mass is 10.2. The average molecular weight is 407 g/mol. The fourth-order valence-electron chi connectivity index (χ4n) is 2.72. The number of alkyl halides is 3. The number of anilines is 1. The van der Waals surface area contributed by atoms with Crippen LogP contribution in [0.15, 0.2) is 41.4 Å². The Bertz CT molecular complexity index is 924. The molecule has 0 saturated carbocycles. The standard InChI is InChI=1S/C16H14F5N3O2S/c17-12-2-3-14(13(18)9-12)27(25,26)24-7-5-23(6-8-24)15-4-1-11(10-22-15)16(19,20)21/h1-4,9-10H,5-8H2. The van der Waals surface area contributed by atoms with Gasteiger partial charge < -0.3 is 4.90 Å². The van der Waals surface area contributed by atoms with Crippen LogP contribution in [-0.2, 0) is 16.2 Å². The molecule has 0 N–H and O–H groups in total. The molecule has 1 aliphatic heterocycles. The van der Waals surface area contributed by atoms with Gasteiger partial charge in [0.15, 0.2) is 0 Å². The summed E-state index contributed by atoms with van der Waals surface area (Å²) in [7, 11) is -4.15. The van der Waals surface area contributed by atoms with E-state index in [-0.39, 0.29) is 32.0 Å². The summed E-state index contributed by atoms with van der Waals surface area (Å²) in [5, 5.41) is 0. The molecule has 1 fully saturated rings. The van der Waals surface area contributed by atoms with Crippen LogP contribution >= 0.6 is 0 Å². The van der Waals surface area contributed by atoms with E-state index in [9.17, 15) is 30.4 Å². The molecule has 5 nitrogen and oxygen atoms in total. The minimum atomic E-state index is -4.49. The summed E-state index contributed by atoms with van der Waals surface area (Å²) in [6.45, 7) is 0.310. The van der Waals surface area contributed by atoms with Crippen molar-refractivity contribution in [1.29, 1.82) is 0 Å². The number of benzene rings is 1. The molecule has 0 radical (unpaired) electrons. The molecule has 3 rings (SSSR count). The van der Waals surface area contributed by atoms with Gasteiger partial charge in [-0.15, -0.1) is 0 Å². The molecule has 27 heavy (non-hydrogen) atoms. The monoisotopic (exact) mass is 407 g/mol. The van der Waals surface area contributed by atoms with Crippen LogP contribution in [0.5, 0.6) is 0 Å². The summed E-state index contributed by atoms with van der Waals surface area (Å²) >= 11 is 0. The van der Waals surface area contributed by atoms with Gasteiger partial charge in [0.25, 0.3) is 0 Å². The SMILES string of the molecule is O=S(=O)(c1ccc(F)cc1F)N1CCN(c2ccc(C(F)(F)F)cn2)CC1. The van der Waals surface area contributed by atoms with E-state index in [0.29, 0.717) is 12.3 Å². The second-order valence-electron chi connectivity index (χ2n) is 5.87. The van der Waals surface area contributed by atoms with Crippen LogP contribution < -0.4 is 4.90 Å². The maximum Gasteiger partial charge on any atom is 0.417 e. The first kappa shape index (κ1) is 19.5. The smallest absolute Gasteiger partial charge is 0.354 e. The summed E-state index contributed by atoms with van der Waals surface area (Å²) in [6.07, 6.45) is -3.77. The van der Waals surface area contributed by atoms with Crippen LogP contribution in [0.4, 0.5) is 27.8 Å². The first-order valence-electron chi connectivity index (χ1n) is 7.82. The molecule has 1 aromatic heterocycles. The lowest BCUT2D eigenvalue weighted by molar-refractivity contribution is -0.137. The van der Waals surface area contributed by atoms with Gasteiger partial charge in [-0.25, -0.2) is 22.2 Å². The maximum absolute atomic E-state index is 13.8. The van der Waals surface area contributed by atoms with Gasteiger partial charge in [0.2, 0.25) is 10.0 Å². The second kappa shape index (κ2) is 7.04. The Morgan fingerprint density at radius 2 is 1.63 bits per heavy atom. The number of piperazine rings is 1. The van der Waals surface area contributed by atoms with E-state index in [2.05, 4.69) is 4.98 Å². The number of hydrogen-bond acceptors (Lipinski definition) is 4. The normalized spacial score (nSPS) is 16.6. The zero-order chi connectivity index (χ0) is 19.8. The van der Waals surface area contributed by atoms with Gasteiger partial charge in [0, 0.05) is 38.4 Å². The van der Waals surface area contributed by atoms with E-state index in [1.165, 1.54) is 6.07 Å². The van der Waals surface area contributed by atoms with Crippen molar-refractivity contribution in [2.45, 2.75) is 11.1 Å². The van der Waals surface area contributed by atoms with Crippen molar-refractivity contribution in [3.8, 4) is 0 Å². The third kappa shape index (κ3) is 4.03. The Hall–Kier alpha value is -2.27. The van der Waals surface area contributed by atoms with E-state index in [4.69, 9.17) is 0 Å². The summed E-state index contributed by atoms with van der Waals surface area (Å²) in [5.41, 5.74) is -0.876. The number of rotatable bonds is 3. The Balaban J connectivity index is 1.71. The van der Waals surface area contributed by atoms with Crippen LogP contribution in [-0.4, -0.2) is 43.9 Å². The molecule has 0 spiro atoms. The first-order valence-corrected chi connectivity index (χ1v) is 9.26. The molecule has 0 unspecified atom stereocenters. The minimum absolute atomic E-state index is 0.0121. The molecular weight excluding hydrogens is 393 g/mol. The first-order chi connectivity index (χ1) is 12.6. The molecule has 0 atom stereocenters. The molecule has 146 valence electrons. The quantitative estimate of drug-likeness (QED) is 0.735. The van der Waals surface area contributed by atoms with E-state index >= 15 is 0 Å². The van der Waals surface area contributed by atoms with Crippen molar-refractivity contribution in [1.82, 2.24) is 9.29 Å². The van der Waals surface area contributed by atoms with E-state index in [1.807, 2.05) is 0 Å². The predicted octanol–water partition coefficient (Wildman–Crippen LogP) is 2.89. The summed E-state index contributed by atoms with van der Waals surface area (Å²) < 4.78 is 90.6. The zero-order valence-corrected chi connectivity index (χ0v) is 14.6. The topological polar surface area (TPSA) is 53.5 Å². The molecule has 1 aromatic carbocycles. The predicted molar refractivity (Wildman–Crippen MR) is 86.6 cm³/mol. The third-order valence-corrected chi connectivity index (χ3v) is 6.08. The summed E-state index contributed by atoms with van der Waals surface area (Å²) in [5.74, 6) is -1.78. The van der Waals surface area contributed by atoms with Gasteiger partial charge in [-0.1, -0.05) is 0 Å². The number of pyridine rings is 1. The number of aromatic nitrogens is 1. The molecule has 1 aliphatic rings. The van der Waals surface area contributed by atoms with Crippen molar-refractivity contribution >= 4 is 15.8 Å². The highest BCUT2D eigenvalue weighted by molar-refractivity contribution is 7.89. The molecule has 0 aliphatic carbocycles. The third-order valence-electron chi connectivity index (χ3n) is 4.15. The van der Waals surface area contributed by atoms with E-state index < -0.39 is 38.3 Å². The van der Waals surface area contributed by atoms with Crippen LogP contribution in [0.2, 0.25) is 0 Å². The second-order valence-corrected chi connectivity index (χ2v) is 7.78. The summed E-state index contributed by atoms with van der Waals surface area (Å²) in [6, 6.07) is 4.34. The van der Waals surface area contributed by atoms with Crippen LogP contribution in [0, 0.1) is 11.6 Å². The highest BCUT2D eigenvalue weighted by Gasteiger charge is 2.33. The maximum atomic E-state index is 13.8. The zero-order valence-electron chi connectivity index (χ0n) is 13.7. The highest BCUT2D eigenvalue weighted by atomic mass is 32.2. The van der Waals surface area contributed by atoms with Gasteiger partial charge in [-0.3, -0.25) is 0 Å². The van der Waals surface area contributed by atoms with Crippen molar-refractivity contribution in [2.24, 2.45) is 0 Å². The summed E-state index contributed by atoms with van der Waals surface area (Å²) in [4.78, 5) is 4.79. The lowest BCUT2D eigenvalue weighted by Gasteiger charge is -2.34. The minimum Gasteiger partial charge on any atom is -0.354 e. The highest BCUT2D eigenvalue weighted by Crippen LogP contribution is 2.30. The number of nitrogens with zero attached hydrogens (tertiary/aromatic N) is 3. The van der Waals surface area contributed by atoms with Crippen molar-refractivity contribution in [2.75, 3.05) is 31.1 Å². The van der Waals surface area contributed by atoms with Crippen LogP contribution in [0.3, 0.4) is 0 Å². The molecule has 1 saturated heterocycles. The lowest BCUT2D eigenvalue weighted by Crippen LogP contribution is -2.49. The molecule has 2 aromatic rings. The van der Waals surface area contributed by atoms with Gasteiger partial charge in [0.05, 0.1) is 5.56 Å². The van der Waals surface area contributed by atoms with E-state index in [1.54, 1.807) is 4.90 Å². The fraction of sp³-hybridized carbons (Fsp3) is 0.312. The van der Waals surface area contributed by atoms with Gasteiger partial charge in [-0.05, 0) is 24.3 Å². The van der Waals surface area contributed by atoms with Gasteiger partial charge >= 0.3 is 6.18 Å². The molecule has 0 amide bonds.